The third kappa shape index (κ3) is 4.87. The number of hydrogen-bond acceptors (Lipinski definition) is 4. The first kappa shape index (κ1) is 21.7. The maximum Gasteiger partial charge on any atom is 0.234 e. The summed E-state index contributed by atoms with van der Waals surface area (Å²) in [4.78, 5) is 12.4. The van der Waals surface area contributed by atoms with Gasteiger partial charge in [0.25, 0.3) is 0 Å². The molecular formula is C23H20Cl2N4OS. The second-order valence-corrected chi connectivity index (χ2v) is 8.62. The van der Waals surface area contributed by atoms with Gasteiger partial charge in [0.2, 0.25) is 5.91 Å². The van der Waals surface area contributed by atoms with Gasteiger partial charge in [-0.15, -0.1) is 10.2 Å². The van der Waals surface area contributed by atoms with Crippen LogP contribution in [0.15, 0.2) is 65.8 Å². The van der Waals surface area contributed by atoms with Crippen molar-refractivity contribution >= 4 is 57.3 Å². The predicted octanol–water partition coefficient (Wildman–Crippen LogP) is 6.08. The van der Waals surface area contributed by atoms with E-state index in [0.29, 0.717) is 27.3 Å². The molecule has 0 bridgehead atoms. The number of rotatable bonds is 7. The molecule has 0 saturated carbocycles. The molecule has 0 unspecified atom stereocenters. The predicted molar refractivity (Wildman–Crippen MR) is 128 cm³/mol. The smallest absolute Gasteiger partial charge is 0.234 e. The summed E-state index contributed by atoms with van der Waals surface area (Å²) in [5, 5.41) is 15.4. The van der Waals surface area contributed by atoms with Crippen molar-refractivity contribution in [3.63, 3.8) is 0 Å². The molecule has 0 spiro atoms. The Morgan fingerprint density at radius 3 is 2.65 bits per heavy atom. The van der Waals surface area contributed by atoms with E-state index in [1.165, 1.54) is 28.1 Å². The van der Waals surface area contributed by atoms with Gasteiger partial charge < -0.3 is 9.88 Å². The normalized spacial score (nSPS) is 11.1. The second-order valence-electron chi connectivity index (χ2n) is 6.90. The van der Waals surface area contributed by atoms with Gasteiger partial charge in [-0.3, -0.25) is 4.79 Å². The zero-order chi connectivity index (χ0) is 21.8. The Morgan fingerprint density at radius 2 is 1.81 bits per heavy atom. The van der Waals surface area contributed by atoms with Crippen LogP contribution < -0.4 is 5.32 Å². The molecule has 0 aliphatic carbocycles. The summed E-state index contributed by atoms with van der Waals surface area (Å²) < 4.78 is 2.05. The number of nitrogens with one attached hydrogen (secondary N) is 1. The van der Waals surface area contributed by atoms with E-state index in [9.17, 15) is 4.79 Å². The molecule has 4 rings (SSSR count). The van der Waals surface area contributed by atoms with Crippen molar-refractivity contribution in [2.75, 3.05) is 11.1 Å². The Bertz CT molecular complexity index is 1240. The molecule has 3 aromatic carbocycles. The highest BCUT2D eigenvalue weighted by atomic mass is 35.5. The first-order chi connectivity index (χ1) is 15.1. The van der Waals surface area contributed by atoms with Crippen LogP contribution in [-0.4, -0.2) is 26.4 Å². The van der Waals surface area contributed by atoms with Crippen LogP contribution in [0.3, 0.4) is 0 Å². The summed E-state index contributed by atoms with van der Waals surface area (Å²) in [6.45, 7) is 2.77. The molecule has 1 amide bonds. The molecule has 5 nitrogen and oxygen atoms in total. The molecule has 4 aromatic rings. The van der Waals surface area contributed by atoms with Gasteiger partial charge in [-0.05, 0) is 35.4 Å². The SMILES string of the molecule is CCn1c(Cc2cccc3ccccc23)nnc1SCC(=O)Nc1cccc(Cl)c1Cl. The van der Waals surface area contributed by atoms with Crippen LogP contribution in [0.5, 0.6) is 0 Å². The summed E-state index contributed by atoms with van der Waals surface area (Å²) in [5.41, 5.74) is 1.69. The summed E-state index contributed by atoms with van der Waals surface area (Å²) in [7, 11) is 0. The van der Waals surface area contributed by atoms with Gasteiger partial charge in [0.1, 0.15) is 5.82 Å². The first-order valence-electron chi connectivity index (χ1n) is 9.82. The molecule has 1 heterocycles. The van der Waals surface area contributed by atoms with Crippen LogP contribution in [0.4, 0.5) is 5.69 Å². The molecule has 31 heavy (non-hydrogen) atoms. The average Bonchev–Trinajstić information content (AvgIpc) is 3.17. The lowest BCUT2D eigenvalue weighted by molar-refractivity contribution is -0.113. The number of carbonyl (C=O) groups excluding carboxylic acids is 1. The molecule has 1 aromatic heterocycles. The molecule has 1 N–H and O–H groups in total. The molecule has 0 fully saturated rings. The minimum atomic E-state index is -0.185. The Kier molecular flexibility index (Phi) is 6.80. The van der Waals surface area contributed by atoms with Gasteiger partial charge in [0.05, 0.1) is 21.5 Å². The monoisotopic (exact) mass is 470 g/mol. The topological polar surface area (TPSA) is 59.8 Å². The number of hydrogen-bond donors (Lipinski definition) is 1. The van der Waals surface area contributed by atoms with Crippen molar-refractivity contribution in [3.8, 4) is 0 Å². The highest BCUT2D eigenvalue weighted by molar-refractivity contribution is 7.99. The third-order valence-corrected chi connectivity index (χ3v) is 6.68. The van der Waals surface area contributed by atoms with E-state index in [2.05, 4.69) is 45.8 Å². The van der Waals surface area contributed by atoms with Crippen molar-refractivity contribution in [1.82, 2.24) is 14.8 Å². The van der Waals surface area contributed by atoms with Gasteiger partial charge in [-0.1, -0.05) is 83.5 Å². The number of halogens is 2. The molecule has 0 aliphatic rings. The molecule has 0 radical (unpaired) electrons. The number of anilines is 1. The van der Waals surface area contributed by atoms with Gasteiger partial charge >= 0.3 is 0 Å². The van der Waals surface area contributed by atoms with Crippen LogP contribution in [0, 0.1) is 0 Å². The highest BCUT2D eigenvalue weighted by Gasteiger charge is 2.15. The number of thioether (sulfide) groups is 1. The summed E-state index contributed by atoms with van der Waals surface area (Å²) in [5.74, 6) is 0.880. The summed E-state index contributed by atoms with van der Waals surface area (Å²) >= 11 is 13.5. The maximum absolute atomic E-state index is 12.4. The van der Waals surface area contributed by atoms with E-state index >= 15 is 0 Å². The van der Waals surface area contributed by atoms with Gasteiger partial charge in [-0.2, -0.15) is 0 Å². The number of nitrogens with zero attached hydrogens (tertiary/aromatic N) is 3. The highest BCUT2D eigenvalue weighted by Crippen LogP contribution is 2.30. The van der Waals surface area contributed by atoms with E-state index < -0.39 is 0 Å². The standard InChI is InChI=1S/C23H20Cl2N4OS/c1-2-29-20(13-16-9-5-8-15-7-3-4-10-17(15)16)27-28-23(29)31-14-21(30)26-19-12-6-11-18(24)22(19)25/h3-12H,2,13-14H2,1H3,(H,26,30). The lowest BCUT2D eigenvalue weighted by atomic mass is 10.0. The van der Waals surface area contributed by atoms with Crippen molar-refractivity contribution < 1.29 is 4.79 Å². The van der Waals surface area contributed by atoms with E-state index in [-0.39, 0.29) is 11.7 Å². The molecule has 158 valence electrons. The van der Waals surface area contributed by atoms with Gasteiger partial charge in [0.15, 0.2) is 5.16 Å². The number of fused-ring (bicyclic) bond motifs is 1. The lowest BCUT2D eigenvalue weighted by Gasteiger charge is -2.10. The maximum atomic E-state index is 12.4. The number of aromatic nitrogens is 3. The molecule has 0 atom stereocenters. The van der Waals surface area contributed by atoms with Crippen molar-refractivity contribution in [2.24, 2.45) is 0 Å². The lowest BCUT2D eigenvalue weighted by Crippen LogP contribution is -2.15. The zero-order valence-corrected chi connectivity index (χ0v) is 19.1. The fourth-order valence-electron chi connectivity index (χ4n) is 3.41. The molecule has 8 heteroatoms. The van der Waals surface area contributed by atoms with Crippen LogP contribution in [0.2, 0.25) is 10.0 Å². The minimum absolute atomic E-state index is 0.185. The summed E-state index contributed by atoms with van der Waals surface area (Å²) in [6.07, 6.45) is 0.674. The van der Waals surface area contributed by atoms with Crippen molar-refractivity contribution in [3.05, 3.63) is 82.1 Å². The Balaban J connectivity index is 1.47. The van der Waals surface area contributed by atoms with Gasteiger partial charge in [-0.25, -0.2) is 0 Å². The van der Waals surface area contributed by atoms with Crippen LogP contribution in [0.1, 0.15) is 18.3 Å². The van der Waals surface area contributed by atoms with Crippen LogP contribution >= 0.6 is 35.0 Å². The van der Waals surface area contributed by atoms with E-state index in [0.717, 1.165) is 12.4 Å². The van der Waals surface area contributed by atoms with E-state index in [1.54, 1.807) is 18.2 Å². The second kappa shape index (κ2) is 9.73. The summed E-state index contributed by atoms with van der Waals surface area (Å²) in [6, 6.07) is 19.7. The first-order valence-corrected chi connectivity index (χ1v) is 11.6. The van der Waals surface area contributed by atoms with E-state index in [1.807, 2.05) is 23.6 Å². The number of benzene rings is 3. The zero-order valence-electron chi connectivity index (χ0n) is 16.8. The third-order valence-electron chi connectivity index (χ3n) is 4.90. The number of amides is 1. The van der Waals surface area contributed by atoms with Crippen LogP contribution in [-0.2, 0) is 17.8 Å². The molecule has 0 aliphatic heterocycles. The minimum Gasteiger partial charge on any atom is -0.324 e. The largest absolute Gasteiger partial charge is 0.324 e. The Morgan fingerprint density at radius 1 is 1.03 bits per heavy atom. The van der Waals surface area contributed by atoms with Crippen molar-refractivity contribution in [1.29, 1.82) is 0 Å². The van der Waals surface area contributed by atoms with Gasteiger partial charge in [0, 0.05) is 13.0 Å². The fraction of sp³-hybridized carbons (Fsp3) is 0.174. The average molecular weight is 471 g/mol. The molecule has 0 saturated heterocycles. The Hall–Kier alpha value is -2.54. The molecular weight excluding hydrogens is 451 g/mol. The quantitative estimate of drug-likeness (QED) is 0.332. The van der Waals surface area contributed by atoms with E-state index in [4.69, 9.17) is 23.2 Å². The number of carbonyl (C=O) groups is 1. The fourth-order valence-corrected chi connectivity index (χ4v) is 4.58. The van der Waals surface area contributed by atoms with Crippen molar-refractivity contribution in [2.45, 2.75) is 25.0 Å². The Labute approximate surface area is 194 Å². The van der Waals surface area contributed by atoms with Crippen LogP contribution in [0.25, 0.3) is 10.8 Å².